The van der Waals surface area contributed by atoms with Crippen LogP contribution in [0, 0.1) is 6.92 Å². The molecule has 3 aromatic carbocycles. The van der Waals surface area contributed by atoms with Crippen LogP contribution in [0.2, 0.25) is 0 Å². The maximum absolute atomic E-state index is 12.9. The largest absolute Gasteiger partial charge is 0.493 e. The van der Waals surface area contributed by atoms with E-state index >= 15 is 0 Å². The number of rotatable bonds is 10. The molecule has 0 spiro atoms. The van der Waals surface area contributed by atoms with Crippen LogP contribution in [0.4, 0.5) is 5.69 Å². The van der Waals surface area contributed by atoms with Gasteiger partial charge in [0.1, 0.15) is 6.04 Å². The Labute approximate surface area is 188 Å². The zero-order valence-electron chi connectivity index (χ0n) is 18.3. The lowest BCUT2D eigenvalue weighted by atomic mass is 10.0. The number of methoxy groups -OCH3 is 1. The molecule has 2 N–H and O–H groups in total. The van der Waals surface area contributed by atoms with Gasteiger partial charge in [-0.05, 0) is 42.3 Å². The Kier molecular flexibility index (Phi) is 8.26. The van der Waals surface area contributed by atoms with Crippen LogP contribution < -0.4 is 20.1 Å². The first kappa shape index (κ1) is 22.9. The molecule has 0 bridgehead atoms. The van der Waals surface area contributed by atoms with Crippen molar-refractivity contribution in [1.29, 1.82) is 0 Å². The number of para-hydroxylation sites is 1. The van der Waals surface area contributed by atoms with Crippen LogP contribution >= 0.6 is 0 Å². The van der Waals surface area contributed by atoms with Crippen LogP contribution in [0.25, 0.3) is 0 Å². The first-order valence-electron chi connectivity index (χ1n) is 10.5. The van der Waals surface area contributed by atoms with Gasteiger partial charge in [0, 0.05) is 12.1 Å². The van der Waals surface area contributed by atoms with Gasteiger partial charge >= 0.3 is 0 Å². The van der Waals surface area contributed by atoms with E-state index < -0.39 is 6.04 Å². The zero-order chi connectivity index (χ0) is 22.8. The second-order valence-electron chi connectivity index (χ2n) is 7.42. The van der Waals surface area contributed by atoms with E-state index in [1.54, 1.807) is 7.11 Å². The molecule has 0 aliphatic heterocycles. The molecule has 166 valence electrons. The number of hydrogen-bond acceptors (Lipinski definition) is 4. The van der Waals surface area contributed by atoms with Gasteiger partial charge in [0.2, 0.25) is 11.8 Å². The molecular weight excluding hydrogens is 404 g/mol. The van der Waals surface area contributed by atoms with Gasteiger partial charge in [-0.25, -0.2) is 0 Å². The second-order valence-corrected chi connectivity index (χ2v) is 7.42. The van der Waals surface area contributed by atoms with Gasteiger partial charge in [0.05, 0.1) is 20.1 Å². The number of aryl methyl sites for hydroxylation is 1. The van der Waals surface area contributed by atoms with E-state index in [1.165, 1.54) is 0 Å². The number of carbonyl (C=O) groups is 2. The highest BCUT2D eigenvalue weighted by Crippen LogP contribution is 2.27. The summed E-state index contributed by atoms with van der Waals surface area (Å²) < 4.78 is 11.0. The van der Waals surface area contributed by atoms with E-state index in [0.29, 0.717) is 23.6 Å². The van der Waals surface area contributed by atoms with Crippen LogP contribution in [0.5, 0.6) is 11.5 Å². The first-order chi connectivity index (χ1) is 15.5. The molecule has 0 radical (unpaired) electrons. The molecule has 1 atom stereocenters. The van der Waals surface area contributed by atoms with Crippen LogP contribution in [0.3, 0.4) is 0 Å². The molecule has 0 heterocycles. The second kappa shape index (κ2) is 11.6. The minimum absolute atomic E-state index is 0.112. The van der Waals surface area contributed by atoms with Crippen molar-refractivity contribution in [1.82, 2.24) is 5.32 Å². The summed E-state index contributed by atoms with van der Waals surface area (Å²) in [5.74, 6) is 0.665. The predicted molar refractivity (Wildman–Crippen MR) is 125 cm³/mol. The van der Waals surface area contributed by atoms with Crippen molar-refractivity contribution < 1.29 is 19.1 Å². The molecule has 6 heteroatoms. The Hall–Kier alpha value is -3.80. The fourth-order valence-corrected chi connectivity index (χ4v) is 3.22. The van der Waals surface area contributed by atoms with Crippen LogP contribution in [0.1, 0.15) is 17.5 Å². The van der Waals surface area contributed by atoms with Gasteiger partial charge in [0.15, 0.2) is 11.5 Å². The average molecular weight is 433 g/mol. The number of ether oxygens (including phenoxy) is 2. The maximum atomic E-state index is 12.9. The number of anilines is 1. The van der Waals surface area contributed by atoms with Crippen molar-refractivity contribution in [2.45, 2.75) is 25.8 Å². The Morgan fingerprint density at radius 1 is 0.906 bits per heavy atom. The van der Waals surface area contributed by atoms with Crippen molar-refractivity contribution in [2.75, 3.05) is 19.0 Å². The molecule has 3 aromatic rings. The Bertz CT molecular complexity index is 1020. The average Bonchev–Trinajstić information content (AvgIpc) is 2.81. The van der Waals surface area contributed by atoms with E-state index in [-0.39, 0.29) is 24.8 Å². The highest BCUT2D eigenvalue weighted by molar-refractivity contribution is 5.97. The number of carbonyl (C=O) groups excluding carboxylic acids is 2. The van der Waals surface area contributed by atoms with Gasteiger partial charge < -0.3 is 20.1 Å². The number of hydrogen-bond donors (Lipinski definition) is 2. The quantitative estimate of drug-likeness (QED) is 0.505. The van der Waals surface area contributed by atoms with Crippen molar-refractivity contribution in [3.05, 3.63) is 90.0 Å². The van der Waals surface area contributed by atoms with Gasteiger partial charge in [-0.1, -0.05) is 54.6 Å². The minimum Gasteiger partial charge on any atom is -0.493 e. The third-order valence-electron chi connectivity index (χ3n) is 4.88. The summed E-state index contributed by atoms with van der Waals surface area (Å²) in [6.45, 7) is 2.14. The number of nitrogens with one attached hydrogen (secondary N) is 2. The standard InChI is InChI=1S/C26H28N2O4/c1-19-13-14-23(24(17-19)31-2)32-16-15-25(29)28-22(18-20-9-5-3-6-10-20)26(30)27-21-11-7-4-8-12-21/h3-14,17,22H,15-16,18H2,1-2H3,(H,27,30)(H,28,29). The van der Waals surface area contributed by atoms with E-state index in [2.05, 4.69) is 10.6 Å². The molecule has 0 saturated heterocycles. The van der Waals surface area contributed by atoms with E-state index in [1.807, 2.05) is 85.8 Å². The molecule has 32 heavy (non-hydrogen) atoms. The van der Waals surface area contributed by atoms with Gasteiger partial charge in [-0.2, -0.15) is 0 Å². The minimum atomic E-state index is -0.709. The van der Waals surface area contributed by atoms with E-state index in [0.717, 1.165) is 11.1 Å². The van der Waals surface area contributed by atoms with Gasteiger partial charge in [-0.15, -0.1) is 0 Å². The fraction of sp³-hybridized carbons (Fsp3) is 0.231. The molecule has 0 fully saturated rings. The molecule has 0 aromatic heterocycles. The van der Waals surface area contributed by atoms with Crippen LogP contribution in [-0.2, 0) is 16.0 Å². The van der Waals surface area contributed by atoms with Crippen molar-refractivity contribution >= 4 is 17.5 Å². The molecule has 2 amide bonds. The highest BCUT2D eigenvalue weighted by Gasteiger charge is 2.21. The summed E-state index contributed by atoms with van der Waals surface area (Å²) >= 11 is 0. The molecule has 6 nitrogen and oxygen atoms in total. The Balaban J connectivity index is 1.60. The van der Waals surface area contributed by atoms with Gasteiger partial charge in [0.25, 0.3) is 0 Å². The van der Waals surface area contributed by atoms with Crippen molar-refractivity contribution in [3.63, 3.8) is 0 Å². The Morgan fingerprint density at radius 2 is 1.59 bits per heavy atom. The Morgan fingerprint density at radius 3 is 2.28 bits per heavy atom. The summed E-state index contributed by atoms with van der Waals surface area (Å²) in [6.07, 6.45) is 0.499. The summed E-state index contributed by atoms with van der Waals surface area (Å²) in [6, 6.07) is 23.7. The molecular formula is C26H28N2O4. The van der Waals surface area contributed by atoms with Gasteiger partial charge in [-0.3, -0.25) is 9.59 Å². The third-order valence-corrected chi connectivity index (χ3v) is 4.88. The lowest BCUT2D eigenvalue weighted by Gasteiger charge is -2.19. The number of benzene rings is 3. The number of amides is 2. The van der Waals surface area contributed by atoms with E-state index in [4.69, 9.17) is 9.47 Å². The van der Waals surface area contributed by atoms with Crippen molar-refractivity contribution in [3.8, 4) is 11.5 Å². The first-order valence-corrected chi connectivity index (χ1v) is 10.5. The summed E-state index contributed by atoms with van der Waals surface area (Å²) in [5, 5.41) is 5.72. The SMILES string of the molecule is COc1cc(C)ccc1OCCC(=O)NC(Cc1ccccc1)C(=O)Nc1ccccc1. The third kappa shape index (κ3) is 6.87. The van der Waals surface area contributed by atoms with E-state index in [9.17, 15) is 9.59 Å². The molecule has 0 aliphatic carbocycles. The van der Waals surface area contributed by atoms with Crippen molar-refractivity contribution in [2.24, 2.45) is 0 Å². The summed E-state index contributed by atoms with van der Waals surface area (Å²) in [5.41, 5.74) is 2.70. The van der Waals surface area contributed by atoms with Crippen LogP contribution in [-0.4, -0.2) is 31.6 Å². The lowest BCUT2D eigenvalue weighted by molar-refractivity contribution is -0.126. The monoisotopic (exact) mass is 432 g/mol. The topological polar surface area (TPSA) is 76.7 Å². The molecule has 0 aliphatic rings. The fourth-order valence-electron chi connectivity index (χ4n) is 3.22. The van der Waals surface area contributed by atoms with Crippen LogP contribution in [0.15, 0.2) is 78.9 Å². The highest BCUT2D eigenvalue weighted by atomic mass is 16.5. The normalized spacial score (nSPS) is 11.3. The smallest absolute Gasteiger partial charge is 0.247 e. The maximum Gasteiger partial charge on any atom is 0.247 e. The summed E-state index contributed by atoms with van der Waals surface area (Å²) in [4.78, 5) is 25.5. The molecule has 0 saturated carbocycles. The lowest BCUT2D eigenvalue weighted by Crippen LogP contribution is -2.45. The zero-order valence-corrected chi connectivity index (χ0v) is 18.3. The predicted octanol–water partition coefficient (Wildman–Crippen LogP) is 4.14. The molecule has 1 unspecified atom stereocenters. The summed E-state index contributed by atoms with van der Waals surface area (Å²) in [7, 11) is 1.58. The molecule has 3 rings (SSSR count).